The number of hydrogen-bond donors (Lipinski definition) is 0. The van der Waals surface area contributed by atoms with Gasteiger partial charge in [-0.25, -0.2) is 9.37 Å². The van der Waals surface area contributed by atoms with Gasteiger partial charge in [0.15, 0.2) is 0 Å². The fourth-order valence-electron chi connectivity index (χ4n) is 6.66. The van der Waals surface area contributed by atoms with Crippen LogP contribution in [0.3, 0.4) is 0 Å². The molecular formula is C38H27F3N6O. The van der Waals surface area contributed by atoms with Crippen LogP contribution in [-0.2, 0) is 5.54 Å². The zero-order chi connectivity index (χ0) is 32.7. The molecular weight excluding hydrogens is 613 g/mol. The van der Waals surface area contributed by atoms with E-state index in [9.17, 15) is 8.78 Å². The third kappa shape index (κ3) is 4.84. The first-order valence-corrected chi connectivity index (χ1v) is 15.4. The molecule has 1 unspecified atom stereocenters. The van der Waals surface area contributed by atoms with Crippen LogP contribution in [0.2, 0.25) is 0 Å². The number of alkyl halides is 2. The number of halogens is 3. The lowest BCUT2D eigenvalue weighted by Gasteiger charge is -2.41. The highest BCUT2D eigenvalue weighted by atomic mass is 19.3. The molecule has 236 valence electrons. The Kier molecular flexibility index (Phi) is 7.32. The van der Waals surface area contributed by atoms with Crippen molar-refractivity contribution in [1.29, 1.82) is 0 Å². The molecule has 1 atom stereocenters. The quantitative estimate of drug-likeness (QED) is 0.166. The van der Waals surface area contributed by atoms with E-state index in [4.69, 9.17) is 9.62 Å². The Balaban J connectivity index is 1.40. The van der Waals surface area contributed by atoms with Crippen molar-refractivity contribution in [3.8, 4) is 33.9 Å². The highest BCUT2D eigenvalue weighted by molar-refractivity contribution is 5.81. The number of pyridine rings is 1. The highest BCUT2D eigenvalue weighted by Gasteiger charge is 2.44. The van der Waals surface area contributed by atoms with Crippen molar-refractivity contribution >= 4 is 5.65 Å². The molecule has 0 bridgehead atoms. The van der Waals surface area contributed by atoms with Crippen LogP contribution in [0.5, 0.6) is 0 Å². The monoisotopic (exact) mass is 640 g/mol. The molecule has 8 rings (SSSR count). The first-order chi connectivity index (χ1) is 23.5. The first kappa shape index (κ1) is 29.4. The molecule has 48 heavy (non-hydrogen) atoms. The summed E-state index contributed by atoms with van der Waals surface area (Å²) in [7, 11) is 0. The van der Waals surface area contributed by atoms with Gasteiger partial charge in [-0.15, -0.1) is 0 Å². The second kappa shape index (κ2) is 12.0. The van der Waals surface area contributed by atoms with Crippen LogP contribution in [0.1, 0.15) is 29.9 Å². The largest absolute Gasteiger partial charge is 0.333 e. The van der Waals surface area contributed by atoms with Crippen molar-refractivity contribution in [3.63, 3.8) is 0 Å². The summed E-state index contributed by atoms with van der Waals surface area (Å²) in [6.07, 6.45) is 11.6. The van der Waals surface area contributed by atoms with Gasteiger partial charge in [-0.3, -0.25) is 9.08 Å². The Morgan fingerprint density at radius 3 is 2.21 bits per heavy atom. The summed E-state index contributed by atoms with van der Waals surface area (Å²) in [6, 6.07) is 30.7. The lowest BCUT2D eigenvalue weighted by atomic mass is 9.70. The number of rotatable bonds is 8. The summed E-state index contributed by atoms with van der Waals surface area (Å²) < 4.78 is 50.6. The number of imidazole rings is 1. The highest BCUT2D eigenvalue weighted by Crippen LogP contribution is 2.46. The van der Waals surface area contributed by atoms with Crippen molar-refractivity contribution in [2.45, 2.75) is 18.4 Å². The molecule has 7 nitrogen and oxygen atoms in total. The van der Waals surface area contributed by atoms with E-state index in [0.29, 0.717) is 33.7 Å². The molecule has 1 aliphatic carbocycles. The number of allylic oxidation sites excluding steroid dienone is 4. The van der Waals surface area contributed by atoms with E-state index < -0.39 is 23.7 Å². The summed E-state index contributed by atoms with van der Waals surface area (Å²) in [5, 5.41) is 9.02. The van der Waals surface area contributed by atoms with E-state index in [1.807, 2.05) is 59.4 Å². The average Bonchev–Trinajstić information content (AvgIpc) is 3.89. The van der Waals surface area contributed by atoms with Gasteiger partial charge in [0, 0.05) is 35.0 Å². The molecule has 3 aromatic carbocycles. The standard InChI is InChI=1S/C38H27F3N6O/c39-31-19-11-10-18-29(31)34-30(25-20-21-33-42-22-32(46(33)23-25)36-43-37(35(40)41)48-45-36)24-47(44-34)38(26-12-4-1-5-13-26,27-14-6-2-7-15-27)28-16-8-3-9-17-28/h1-16,18-24,28,35H,17H2. The zero-order valence-electron chi connectivity index (χ0n) is 25.4. The minimum absolute atomic E-state index is 0.0238. The predicted molar refractivity (Wildman–Crippen MR) is 176 cm³/mol. The maximum Gasteiger partial charge on any atom is 0.315 e. The molecule has 1 aliphatic rings. The Bertz CT molecular complexity index is 2250. The van der Waals surface area contributed by atoms with Gasteiger partial charge in [0.05, 0.1) is 6.20 Å². The maximum atomic E-state index is 15.7. The lowest BCUT2D eigenvalue weighted by molar-refractivity contribution is 0.106. The van der Waals surface area contributed by atoms with Crippen LogP contribution >= 0.6 is 0 Å². The fraction of sp³-hybridized carbons (Fsp3) is 0.105. The SMILES string of the molecule is Fc1ccccc1-c1nn(C(c2ccccc2)(c2ccccc2)C2C=CC=CC2)cc1-c1ccc2ncc(-c3noc(C(F)F)n3)n2c1. The molecule has 10 heteroatoms. The van der Waals surface area contributed by atoms with Crippen LogP contribution in [0.25, 0.3) is 39.5 Å². The summed E-state index contributed by atoms with van der Waals surface area (Å²) in [5.41, 5.74) is 4.27. The normalized spacial score (nSPS) is 14.7. The topological polar surface area (TPSA) is 74.0 Å². The Hall–Kier alpha value is -6.03. The van der Waals surface area contributed by atoms with Gasteiger partial charge in [0.1, 0.15) is 28.4 Å². The van der Waals surface area contributed by atoms with Crippen molar-refractivity contribution in [2.24, 2.45) is 5.92 Å². The summed E-state index contributed by atoms with van der Waals surface area (Å²) in [6.45, 7) is 0. The second-order valence-corrected chi connectivity index (χ2v) is 11.5. The Labute approximate surface area is 273 Å². The van der Waals surface area contributed by atoms with Crippen molar-refractivity contribution in [2.75, 3.05) is 0 Å². The lowest BCUT2D eigenvalue weighted by Crippen LogP contribution is -2.43. The van der Waals surface area contributed by atoms with E-state index >= 15 is 4.39 Å². The molecule has 0 saturated heterocycles. The van der Waals surface area contributed by atoms with Crippen LogP contribution in [-0.4, -0.2) is 29.3 Å². The van der Waals surface area contributed by atoms with Crippen molar-refractivity contribution in [3.05, 3.63) is 163 Å². The molecule has 0 radical (unpaired) electrons. The molecule has 0 saturated carbocycles. The molecule has 4 heterocycles. The third-order valence-electron chi connectivity index (χ3n) is 8.82. The number of nitrogens with zero attached hydrogens (tertiary/aromatic N) is 6. The van der Waals surface area contributed by atoms with Gasteiger partial charge in [0.2, 0.25) is 5.82 Å². The maximum absolute atomic E-state index is 15.7. The summed E-state index contributed by atoms with van der Waals surface area (Å²) in [4.78, 5) is 8.29. The fourth-order valence-corrected chi connectivity index (χ4v) is 6.66. The third-order valence-corrected chi connectivity index (χ3v) is 8.82. The van der Waals surface area contributed by atoms with Crippen LogP contribution in [0, 0.1) is 11.7 Å². The van der Waals surface area contributed by atoms with Gasteiger partial charge in [-0.2, -0.15) is 18.9 Å². The smallest absolute Gasteiger partial charge is 0.315 e. The zero-order valence-corrected chi connectivity index (χ0v) is 25.4. The second-order valence-electron chi connectivity index (χ2n) is 11.5. The van der Waals surface area contributed by atoms with Gasteiger partial charge in [-0.1, -0.05) is 102 Å². The molecule has 0 amide bonds. The minimum Gasteiger partial charge on any atom is -0.333 e. The number of fused-ring (bicyclic) bond motifs is 1. The Morgan fingerprint density at radius 1 is 0.812 bits per heavy atom. The van der Waals surface area contributed by atoms with Gasteiger partial charge < -0.3 is 4.52 Å². The molecule has 0 N–H and O–H groups in total. The van der Waals surface area contributed by atoms with Crippen LogP contribution in [0.15, 0.2) is 144 Å². The molecule has 0 spiro atoms. The van der Waals surface area contributed by atoms with Crippen molar-refractivity contribution in [1.82, 2.24) is 29.3 Å². The van der Waals surface area contributed by atoms with Crippen LogP contribution < -0.4 is 0 Å². The summed E-state index contributed by atoms with van der Waals surface area (Å²) in [5.74, 6) is -1.25. The van der Waals surface area contributed by atoms with Crippen LogP contribution in [0.4, 0.5) is 13.2 Å². The van der Waals surface area contributed by atoms with E-state index in [2.05, 4.69) is 57.6 Å². The Morgan fingerprint density at radius 2 is 1.54 bits per heavy atom. The number of hydrogen-bond acceptors (Lipinski definition) is 5. The van der Waals surface area contributed by atoms with E-state index in [1.165, 1.54) is 12.3 Å². The average molecular weight is 641 g/mol. The predicted octanol–water partition coefficient (Wildman–Crippen LogP) is 8.92. The van der Waals surface area contributed by atoms with E-state index in [-0.39, 0.29) is 11.7 Å². The molecule has 0 fully saturated rings. The van der Waals surface area contributed by atoms with Gasteiger partial charge >= 0.3 is 6.43 Å². The molecule has 0 aliphatic heterocycles. The summed E-state index contributed by atoms with van der Waals surface area (Å²) >= 11 is 0. The number of benzene rings is 3. The van der Waals surface area contributed by atoms with E-state index in [0.717, 1.165) is 17.5 Å². The number of aromatic nitrogens is 6. The van der Waals surface area contributed by atoms with Gasteiger partial charge in [-0.05, 0) is 41.8 Å². The van der Waals surface area contributed by atoms with E-state index in [1.54, 1.807) is 34.9 Å². The minimum atomic E-state index is -2.90. The first-order valence-electron chi connectivity index (χ1n) is 15.4. The molecule has 4 aromatic heterocycles. The van der Waals surface area contributed by atoms with Gasteiger partial charge in [0.25, 0.3) is 5.89 Å². The molecule has 7 aromatic rings. The van der Waals surface area contributed by atoms with Crippen molar-refractivity contribution < 1.29 is 17.7 Å².